The van der Waals surface area contributed by atoms with Crippen LogP contribution in [0, 0.1) is 20.8 Å². The maximum absolute atomic E-state index is 12.8. The van der Waals surface area contributed by atoms with E-state index >= 15 is 0 Å². The third-order valence-electron chi connectivity index (χ3n) is 6.14. The molecular weight excluding hydrogens is 366 g/mol. The van der Waals surface area contributed by atoms with Crippen molar-refractivity contribution in [2.45, 2.75) is 27.3 Å². The van der Waals surface area contributed by atoms with Crippen LogP contribution in [0.5, 0.6) is 11.5 Å². The lowest BCUT2D eigenvalue weighted by Gasteiger charge is -2.34. The van der Waals surface area contributed by atoms with Gasteiger partial charge in [0, 0.05) is 56.7 Å². The number of aryl methyl sites for hydroxylation is 2. The summed E-state index contributed by atoms with van der Waals surface area (Å²) >= 11 is 0. The molecule has 1 aromatic heterocycles. The highest BCUT2D eigenvalue weighted by Crippen LogP contribution is 2.31. The number of ether oxygens (including phenoxy) is 2. The topological polar surface area (TPSA) is 46.9 Å². The van der Waals surface area contributed by atoms with Gasteiger partial charge >= 0.3 is 0 Å². The first-order chi connectivity index (χ1) is 13.8. The summed E-state index contributed by atoms with van der Waals surface area (Å²) in [4.78, 5) is 17.5. The molecule has 158 valence electrons. The molecular formula is C23H33N3O3. The van der Waals surface area contributed by atoms with Crippen LogP contribution in [-0.4, -0.2) is 67.1 Å². The Hall–Kier alpha value is -2.31. The fourth-order valence-electron chi connectivity index (χ4n) is 3.97. The predicted octanol–water partition coefficient (Wildman–Crippen LogP) is 2.97. The molecule has 3 rings (SSSR count). The van der Waals surface area contributed by atoms with E-state index in [0.29, 0.717) is 6.54 Å². The van der Waals surface area contributed by atoms with E-state index in [1.54, 1.807) is 14.2 Å². The van der Waals surface area contributed by atoms with E-state index in [0.717, 1.165) is 61.2 Å². The quantitative estimate of drug-likeness (QED) is 0.670. The number of aromatic nitrogens is 1. The van der Waals surface area contributed by atoms with Gasteiger partial charge in [0.05, 0.1) is 20.8 Å². The lowest BCUT2D eigenvalue weighted by atomic mass is 10.1. The third-order valence-corrected chi connectivity index (χ3v) is 6.14. The summed E-state index contributed by atoms with van der Waals surface area (Å²) in [6, 6.07) is 6.12. The van der Waals surface area contributed by atoms with Crippen molar-refractivity contribution < 1.29 is 14.3 Å². The largest absolute Gasteiger partial charge is 0.493 e. The van der Waals surface area contributed by atoms with E-state index in [2.05, 4.69) is 27.4 Å². The molecule has 0 unspecified atom stereocenters. The van der Waals surface area contributed by atoms with E-state index in [-0.39, 0.29) is 5.78 Å². The SMILES string of the molecule is COc1cc(C)c(CN2CCN(CC(=O)c3cc(C)n(C)c3C)CC2)cc1OC. The van der Waals surface area contributed by atoms with Gasteiger partial charge < -0.3 is 14.0 Å². The van der Waals surface area contributed by atoms with Gasteiger partial charge in [0.25, 0.3) is 0 Å². The van der Waals surface area contributed by atoms with E-state index in [1.807, 2.05) is 33.0 Å². The molecule has 0 bridgehead atoms. The molecule has 0 amide bonds. The summed E-state index contributed by atoms with van der Waals surface area (Å²) in [7, 11) is 5.34. The number of benzene rings is 1. The van der Waals surface area contributed by atoms with Crippen LogP contribution < -0.4 is 9.47 Å². The Morgan fingerprint density at radius 3 is 2.07 bits per heavy atom. The number of piperazine rings is 1. The number of carbonyl (C=O) groups is 1. The molecule has 1 aliphatic heterocycles. The van der Waals surface area contributed by atoms with Gasteiger partial charge in [-0.3, -0.25) is 14.6 Å². The van der Waals surface area contributed by atoms with Crippen molar-refractivity contribution in [1.29, 1.82) is 0 Å². The minimum atomic E-state index is 0.218. The molecule has 0 atom stereocenters. The summed E-state index contributed by atoms with van der Waals surface area (Å²) in [5.74, 6) is 1.75. The van der Waals surface area contributed by atoms with Gasteiger partial charge in [0.2, 0.25) is 0 Å². The fourth-order valence-corrected chi connectivity index (χ4v) is 3.97. The van der Waals surface area contributed by atoms with Crippen molar-refractivity contribution in [3.05, 3.63) is 46.3 Å². The molecule has 6 nitrogen and oxygen atoms in total. The Morgan fingerprint density at radius 2 is 1.52 bits per heavy atom. The van der Waals surface area contributed by atoms with Crippen molar-refractivity contribution in [3.8, 4) is 11.5 Å². The number of ketones is 1. The Balaban J connectivity index is 1.57. The standard InChI is InChI=1S/C23H33N3O3/c1-16-11-22(28-5)23(29-6)13-19(16)14-25-7-9-26(10-8-25)15-21(27)20-12-17(2)24(4)18(20)3/h11-13H,7-10,14-15H2,1-6H3. The van der Waals surface area contributed by atoms with Crippen LogP contribution in [-0.2, 0) is 13.6 Å². The maximum atomic E-state index is 12.8. The molecule has 1 fully saturated rings. The Bertz CT molecular complexity index is 880. The molecule has 0 radical (unpaired) electrons. The second-order valence-electron chi connectivity index (χ2n) is 7.95. The van der Waals surface area contributed by atoms with Crippen molar-refractivity contribution in [2.75, 3.05) is 46.9 Å². The van der Waals surface area contributed by atoms with Crippen LogP contribution in [0.4, 0.5) is 0 Å². The third kappa shape index (κ3) is 4.65. The maximum Gasteiger partial charge on any atom is 0.178 e. The summed E-state index contributed by atoms with van der Waals surface area (Å²) in [5, 5.41) is 0. The second-order valence-corrected chi connectivity index (χ2v) is 7.95. The number of Topliss-reactive ketones (excluding diaryl/α,β-unsaturated/α-hetero) is 1. The molecule has 1 aliphatic rings. The number of rotatable bonds is 7. The predicted molar refractivity (Wildman–Crippen MR) is 115 cm³/mol. The van der Waals surface area contributed by atoms with E-state index in [4.69, 9.17) is 9.47 Å². The minimum absolute atomic E-state index is 0.218. The Kier molecular flexibility index (Phi) is 6.65. The van der Waals surface area contributed by atoms with Gasteiger partial charge in [-0.2, -0.15) is 0 Å². The zero-order valence-corrected chi connectivity index (χ0v) is 18.5. The summed E-state index contributed by atoms with van der Waals surface area (Å²) in [5.41, 5.74) is 5.49. The van der Waals surface area contributed by atoms with Crippen LogP contribution in [0.3, 0.4) is 0 Å². The second kappa shape index (κ2) is 9.01. The Labute approximate surface area is 174 Å². The number of hydrogen-bond donors (Lipinski definition) is 0. The van der Waals surface area contributed by atoms with Crippen LogP contribution in [0.15, 0.2) is 18.2 Å². The number of methoxy groups -OCH3 is 2. The smallest absolute Gasteiger partial charge is 0.178 e. The molecule has 0 N–H and O–H groups in total. The first-order valence-corrected chi connectivity index (χ1v) is 10.2. The van der Waals surface area contributed by atoms with Crippen LogP contribution in [0.1, 0.15) is 32.9 Å². The summed E-state index contributed by atoms with van der Waals surface area (Å²) in [6.45, 7) is 11.3. The van der Waals surface area contributed by atoms with Crippen molar-refractivity contribution in [3.63, 3.8) is 0 Å². The molecule has 0 saturated carbocycles. The molecule has 1 saturated heterocycles. The summed E-state index contributed by atoms with van der Waals surface area (Å²) in [6.07, 6.45) is 0. The van der Waals surface area contributed by atoms with Crippen LogP contribution in [0.25, 0.3) is 0 Å². The highest BCUT2D eigenvalue weighted by molar-refractivity contribution is 5.99. The summed E-state index contributed by atoms with van der Waals surface area (Å²) < 4.78 is 12.9. The minimum Gasteiger partial charge on any atom is -0.493 e. The molecule has 0 spiro atoms. The van der Waals surface area contributed by atoms with E-state index in [9.17, 15) is 4.79 Å². The van der Waals surface area contributed by atoms with Gasteiger partial charge in [-0.25, -0.2) is 0 Å². The Morgan fingerprint density at radius 1 is 0.931 bits per heavy atom. The van der Waals surface area contributed by atoms with Crippen LogP contribution in [0.2, 0.25) is 0 Å². The fraction of sp³-hybridized carbons (Fsp3) is 0.522. The highest BCUT2D eigenvalue weighted by atomic mass is 16.5. The van der Waals surface area contributed by atoms with Gasteiger partial charge in [0.15, 0.2) is 17.3 Å². The molecule has 29 heavy (non-hydrogen) atoms. The van der Waals surface area contributed by atoms with Gasteiger partial charge in [-0.05, 0) is 50.1 Å². The monoisotopic (exact) mass is 399 g/mol. The van der Waals surface area contributed by atoms with Gasteiger partial charge in [-0.1, -0.05) is 0 Å². The normalized spacial score (nSPS) is 15.5. The molecule has 6 heteroatoms. The lowest BCUT2D eigenvalue weighted by Crippen LogP contribution is -2.47. The average molecular weight is 400 g/mol. The molecule has 2 heterocycles. The molecule has 1 aromatic carbocycles. The van der Waals surface area contributed by atoms with Crippen molar-refractivity contribution >= 4 is 5.78 Å². The number of nitrogens with zero attached hydrogens (tertiary/aromatic N) is 3. The number of hydrogen-bond acceptors (Lipinski definition) is 5. The highest BCUT2D eigenvalue weighted by Gasteiger charge is 2.22. The van der Waals surface area contributed by atoms with Gasteiger partial charge in [0.1, 0.15) is 0 Å². The molecule has 0 aliphatic carbocycles. The first kappa shape index (κ1) is 21.4. The number of carbonyl (C=O) groups excluding carboxylic acids is 1. The van der Waals surface area contributed by atoms with Crippen LogP contribution >= 0.6 is 0 Å². The van der Waals surface area contributed by atoms with E-state index < -0.39 is 0 Å². The molecule has 2 aromatic rings. The zero-order chi connectivity index (χ0) is 21.1. The average Bonchev–Trinajstić information content (AvgIpc) is 2.98. The lowest BCUT2D eigenvalue weighted by molar-refractivity contribution is 0.0843. The zero-order valence-electron chi connectivity index (χ0n) is 18.5. The van der Waals surface area contributed by atoms with Crippen molar-refractivity contribution in [1.82, 2.24) is 14.4 Å². The van der Waals surface area contributed by atoms with E-state index in [1.165, 1.54) is 11.1 Å². The first-order valence-electron chi connectivity index (χ1n) is 10.2. The van der Waals surface area contributed by atoms with Gasteiger partial charge in [-0.15, -0.1) is 0 Å². The van der Waals surface area contributed by atoms with Crippen molar-refractivity contribution in [2.24, 2.45) is 7.05 Å².